The van der Waals surface area contributed by atoms with Gasteiger partial charge in [0.25, 0.3) is 0 Å². The molecule has 174 valence electrons. The van der Waals surface area contributed by atoms with Crippen LogP contribution < -0.4 is 5.32 Å². The summed E-state index contributed by atoms with van der Waals surface area (Å²) in [6.07, 6.45) is 0. The predicted molar refractivity (Wildman–Crippen MR) is 118 cm³/mol. The third-order valence-electron chi connectivity index (χ3n) is 6.90. The molecular formula is C22H47N3O4. The van der Waals surface area contributed by atoms with Crippen molar-refractivity contribution in [3.8, 4) is 0 Å². The molecule has 0 aromatic rings. The molecule has 1 aliphatic rings. The van der Waals surface area contributed by atoms with Gasteiger partial charge in [-0.2, -0.15) is 0 Å². The van der Waals surface area contributed by atoms with Gasteiger partial charge in [-0.25, -0.2) is 0 Å². The maximum Gasteiger partial charge on any atom is 0.108 e. The Kier molecular flexibility index (Phi) is 9.13. The smallest absolute Gasteiger partial charge is 0.108 e. The van der Waals surface area contributed by atoms with Gasteiger partial charge >= 0.3 is 0 Å². The van der Waals surface area contributed by atoms with Gasteiger partial charge in [-0.05, 0) is 39.5 Å². The molecule has 5 N–H and O–H groups in total. The van der Waals surface area contributed by atoms with Crippen LogP contribution in [0.5, 0.6) is 0 Å². The Morgan fingerprint density at radius 3 is 1.21 bits per heavy atom. The summed E-state index contributed by atoms with van der Waals surface area (Å²) in [5.41, 5.74) is -4.88. The van der Waals surface area contributed by atoms with E-state index in [0.29, 0.717) is 26.2 Å². The fourth-order valence-corrected chi connectivity index (χ4v) is 4.27. The van der Waals surface area contributed by atoms with Gasteiger partial charge in [-0.3, -0.25) is 9.80 Å². The Morgan fingerprint density at radius 2 is 0.966 bits per heavy atom. The Bertz CT molecular complexity index is 457. The summed E-state index contributed by atoms with van der Waals surface area (Å²) in [4.78, 5) is 4.36. The summed E-state index contributed by atoms with van der Waals surface area (Å²) < 4.78 is 0. The molecule has 0 aliphatic carbocycles. The largest absolute Gasteiger partial charge is 0.387 e. The van der Waals surface area contributed by atoms with Crippen molar-refractivity contribution in [2.45, 2.75) is 77.8 Å². The SMILES string of the molecule is CC(C)C(O)(CN1CCNCCN(CC(O)(C(C)C)C(C)(C)O)CC1)C(C)(C)O. The minimum atomic E-state index is -1.22. The van der Waals surface area contributed by atoms with Gasteiger partial charge in [-0.15, -0.1) is 0 Å². The molecule has 1 aliphatic heterocycles. The summed E-state index contributed by atoms with van der Waals surface area (Å²) >= 11 is 0. The van der Waals surface area contributed by atoms with Crippen molar-refractivity contribution in [2.75, 3.05) is 52.4 Å². The molecule has 2 unspecified atom stereocenters. The van der Waals surface area contributed by atoms with Crippen molar-refractivity contribution < 1.29 is 20.4 Å². The first-order chi connectivity index (χ1) is 13.0. The summed E-state index contributed by atoms with van der Waals surface area (Å²) in [6, 6.07) is 0. The van der Waals surface area contributed by atoms with Crippen molar-refractivity contribution >= 4 is 0 Å². The second kappa shape index (κ2) is 9.90. The lowest BCUT2D eigenvalue weighted by Gasteiger charge is -2.46. The number of rotatable bonds is 8. The molecule has 0 aromatic carbocycles. The number of hydrogen-bond acceptors (Lipinski definition) is 7. The van der Waals surface area contributed by atoms with Crippen LogP contribution in [-0.4, -0.2) is 105 Å². The van der Waals surface area contributed by atoms with E-state index in [4.69, 9.17) is 0 Å². The third-order valence-corrected chi connectivity index (χ3v) is 6.90. The van der Waals surface area contributed by atoms with E-state index in [1.165, 1.54) is 0 Å². The number of aliphatic hydroxyl groups is 4. The first-order valence-corrected chi connectivity index (χ1v) is 11.1. The standard InChI is InChI=1S/C22H47N3O4/c1-17(2)21(28,19(5,6)26)15-24-11-9-23-10-12-25(14-13-24)16-22(29,18(3)4)20(7,8)27/h17-18,23,26-29H,9-16H2,1-8H3. The van der Waals surface area contributed by atoms with Crippen molar-refractivity contribution in [3.63, 3.8) is 0 Å². The zero-order valence-electron chi connectivity index (χ0n) is 20.0. The summed E-state index contributed by atoms with van der Waals surface area (Å²) in [5, 5.41) is 47.1. The van der Waals surface area contributed by atoms with E-state index in [0.717, 1.165) is 26.2 Å². The highest BCUT2D eigenvalue weighted by atomic mass is 16.4. The maximum absolute atomic E-state index is 11.2. The van der Waals surface area contributed by atoms with Crippen molar-refractivity contribution in [1.82, 2.24) is 15.1 Å². The Balaban J connectivity index is 2.95. The lowest BCUT2D eigenvalue weighted by molar-refractivity contribution is -0.172. The highest BCUT2D eigenvalue weighted by Crippen LogP contribution is 2.32. The second-order valence-electron chi connectivity index (χ2n) is 10.6. The van der Waals surface area contributed by atoms with Gasteiger partial charge in [0.2, 0.25) is 0 Å². The normalized spacial score (nSPS) is 23.4. The van der Waals surface area contributed by atoms with Crippen LogP contribution in [0.25, 0.3) is 0 Å². The number of nitrogens with one attached hydrogen (secondary N) is 1. The number of β-amino-alcohol motifs (C(OH)–C–C–N with tert-alkyl or cyclic N) is 2. The Labute approximate surface area is 178 Å². The maximum atomic E-state index is 11.2. The summed E-state index contributed by atoms with van der Waals surface area (Å²) in [6.45, 7) is 19.7. The van der Waals surface area contributed by atoms with Gasteiger partial charge in [-0.1, -0.05) is 27.7 Å². The predicted octanol–water partition coefficient (Wildman–Crippen LogP) is 0.510. The molecule has 0 radical (unpaired) electrons. The average Bonchev–Trinajstić information content (AvgIpc) is 2.65. The number of hydrogen-bond donors (Lipinski definition) is 5. The lowest BCUT2D eigenvalue weighted by atomic mass is 9.76. The molecule has 0 amide bonds. The molecule has 29 heavy (non-hydrogen) atoms. The number of nitrogens with zero attached hydrogens (tertiary/aromatic N) is 2. The molecule has 0 saturated carbocycles. The first kappa shape index (κ1) is 26.8. The molecule has 2 atom stereocenters. The van der Waals surface area contributed by atoms with Crippen molar-refractivity contribution in [1.29, 1.82) is 0 Å². The highest BCUT2D eigenvalue weighted by Gasteiger charge is 2.47. The van der Waals surface area contributed by atoms with Crippen LogP contribution in [0.4, 0.5) is 0 Å². The van der Waals surface area contributed by atoms with Gasteiger partial charge in [0.15, 0.2) is 0 Å². The third kappa shape index (κ3) is 6.60. The zero-order chi connectivity index (χ0) is 22.7. The quantitative estimate of drug-likeness (QED) is 0.392. The monoisotopic (exact) mass is 417 g/mol. The van der Waals surface area contributed by atoms with Crippen LogP contribution in [0.1, 0.15) is 55.4 Å². The fraction of sp³-hybridized carbons (Fsp3) is 1.00. The van der Waals surface area contributed by atoms with Crippen LogP contribution in [0.2, 0.25) is 0 Å². The first-order valence-electron chi connectivity index (χ1n) is 11.1. The van der Waals surface area contributed by atoms with E-state index in [1.54, 1.807) is 27.7 Å². The molecular weight excluding hydrogens is 370 g/mol. The highest BCUT2D eigenvalue weighted by molar-refractivity contribution is 5.00. The average molecular weight is 418 g/mol. The minimum Gasteiger partial charge on any atom is -0.387 e. The van der Waals surface area contributed by atoms with Crippen molar-refractivity contribution in [2.24, 2.45) is 11.8 Å². The summed E-state index contributed by atoms with van der Waals surface area (Å²) in [5.74, 6) is -0.194. The van der Waals surface area contributed by atoms with Crippen LogP contribution >= 0.6 is 0 Å². The molecule has 0 aromatic heterocycles. The minimum absolute atomic E-state index is 0.0968. The Hall–Kier alpha value is -0.280. The van der Waals surface area contributed by atoms with Gasteiger partial charge in [0, 0.05) is 52.4 Å². The summed E-state index contributed by atoms with van der Waals surface area (Å²) in [7, 11) is 0. The molecule has 1 fully saturated rings. The molecule has 1 heterocycles. The second-order valence-corrected chi connectivity index (χ2v) is 10.6. The van der Waals surface area contributed by atoms with Crippen LogP contribution in [0, 0.1) is 11.8 Å². The fourth-order valence-electron chi connectivity index (χ4n) is 4.27. The zero-order valence-corrected chi connectivity index (χ0v) is 20.0. The molecule has 0 bridgehead atoms. The molecule has 1 rings (SSSR count). The van der Waals surface area contributed by atoms with E-state index in [-0.39, 0.29) is 11.8 Å². The van der Waals surface area contributed by atoms with E-state index >= 15 is 0 Å². The molecule has 7 heteroatoms. The lowest BCUT2D eigenvalue weighted by Crippen LogP contribution is -2.62. The van der Waals surface area contributed by atoms with Gasteiger partial charge < -0.3 is 25.7 Å². The molecule has 1 saturated heterocycles. The van der Waals surface area contributed by atoms with Crippen LogP contribution in [-0.2, 0) is 0 Å². The van der Waals surface area contributed by atoms with Crippen LogP contribution in [0.15, 0.2) is 0 Å². The topological polar surface area (TPSA) is 99.4 Å². The van der Waals surface area contributed by atoms with E-state index in [9.17, 15) is 20.4 Å². The molecule has 7 nitrogen and oxygen atoms in total. The van der Waals surface area contributed by atoms with Gasteiger partial charge in [0.1, 0.15) is 11.2 Å². The van der Waals surface area contributed by atoms with E-state index in [2.05, 4.69) is 15.1 Å². The van der Waals surface area contributed by atoms with Crippen LogP contribution in [0.3, 0.4) is 0 Å². The Morgan fingerprint density at radius 1 is 0.655 bits per heavy atom. The van der Waals surface area contributed by atoms with E-state index in [1.807, 2.05) is 27.7 Å². The van der Waals surface area contributed by atoms with Crippen molar-refractivity contribution in [3.05, 3.63) is 0 Å². The molecule has 0 spiro atoms. The van der Waals surface area contributed by atoms with E-state index < -0.39 is 22.4 Å². The van der Waals surface area contributed by atoms with Gasteiger partial charge in [0.05, 0.1) is 11.2 Å².